The molecule has 1 saturated carbocycles. The molecule has 1 aromatic carbocycles. The van der Waals surface area contributed by atoms with Gasteiger partial charge in [-0.2, -0.15) is 0 Å². The quantitative estimate of drug-likeness (QED) is 0.869. The first-order chi connectivity index (χ1) is 7.53. The topological polar surface area (TPSA) is 55.4 Å². The van der Waals surface area contributed by atoms with E-state index in [2.05, 4.69) is 4.72 Å². The van der Waals surface area contributed by atoms with Crippen LogP contribution in [-0.2, 0) is 10.0 Å². The van der Waals surface area contributed by atoms with Gasteiger partial charge in [-0.05, 0) is 31.0 Å². The van der Waals surface area contributed by atoms with E-state index in [0.29, 0.717) is 0 Å². The Morgan fingerprint density at radius 3 is 2.62 bits per heavy atom. The van der Waals surface area contributed by atoms with Crippen molar-refractivity contribution >= 4 is 10.0 Å². The summed E-state index contributed by atoms with van der Waals surface area (Å²) in [6.07, 6.45) is 1.69. The lowest BCUT2D eigenvalue weighted by atomic mass is 10.3. The number of ether oxygens (including phenoxy) is 1. The van der Waals surface area contributed by atoms with Crippen molar-refractivity contribution < 1.29 is 17.5 Å². The van der Waals surface area contributed by atoms with E-state index in [-0.39, 0.29) is 16.7 Å². The normalized spacial score (nSPS) is 16.1. The first-order valence-electron chi connectivity index (χ1n) is 4.89. The number of benzene rings is 1. The first-order valence-corrected chi connectivity index (χ1v) is 6.37. The third-order valence-electron chi connectivity index (χ3n) is 2.33. The van der Waals surface area contributed by atoms with Crippen LogP contribution in [0.15, 0.2) is 23.1 Å². The highest BCUT2D eigenvalue weighted by atomic mass is 32.2. The van der Waals surface area contributed by atoms with Crippen molar-refractivity contribution in [1.82, 2.24) is 4.72 Å². The summed E-state index contributed by atoms with van der Waals surface area (Å²) < 4.78 is 43.9. The second-order valence-electron chi connectivity index (χ2n) is 3.69. The average molecular weight is 245 g/mol. The predicted octanol–water partition coefficient (Wildman–Crippen LogP) is 1.27. The van der Waals surface area contributed by atoms with Crippen molar-refractivity contribution in [3.05, 3.63) is 24.0 Å². The zero-order valence-corrected chi connectivity index (χ0v) is 9.55. The molecule has 0 amide bonds. The van der Waals surface area contributed by atoms with Gasteiger partial charge in [0, 0.05) is 6.04 Å². The Labute approximate surface area is 93.5 Å². The van der Waals surface area contributed by atoms with E-state index in [9.17, 15) is 12.8 Å². The van der Waals surface area contributed by atoms with E-state index in [1.54, 1.807) is 0 Å². The highest BCUT2D eigenvalue weighted by molar-refractivity contribution is 7.89. The molecule has 4 nitrogen and oxygen atoms in total. The van der Waals surface area contributed by atoms with Crippen LogP contribution in [0.25, 0.3) is 0 Å². The van der Waals surface area contributed by atoms with E-state index in [1.807, 2.05) is 0 Å². The Balaban J connectivity index is 2.29. The van der Waals surface area contributed by atoms with Crippen molar-refractivity contribution in [1.29, 1.82) is 0 Å². The highest BCUT2D eigenvalue weighted by Crippen LogP contribution is 2.24. The number of methoxy groups -OCH3 is 1. The summed E-state index contributed by atoms with van der Waals surface area (Å²) >= 11 is 0. The van der Waals surface area contributed by atoms with Gasteiger partial charge in [-0.15, -0.1) is 0 Å². The van der Waals surface area contributed by atoms with Crippen molar-refractivity contribution in [2.45, 2.75) is 23.8 Å². The predicted molar refractivity (Wildman–Crippen MR) is 56.3 cm³/mol. The monoisotopic (exact) mass is 245 g/mol. The fourth-order valence-corrected chi connectivity index (χ4v) is 2.62. The Morgan fingerprint density at radius 2 is 2.12 bits per heavy atom. The summed E-state index contributed by atoms with van der Waals surface area (Å²) in [4.78, 5) is -0.0716. The first kappa shape index (κ1) is 11.3. The van der Waals surface area contributed by atoms with Crippen molar-refractivity contribution in [3.8, 4) is 5.75 Å². The molecular formula is C10H12FNO3S. The molecule has 0 unspecified atom stereocenters. The van der Waals surface area contributed by atoms with Gasteiger partial charge in [-0.25, -0.2) is 17.5 Å². The van der Waals surface area contributed by atoms with Gasteiger partial charge in [0.2, 0.25) is 10.0 Å². The third-order valence-corrected chi connectivity index (χ3v) is 3.85. The van der Waals surface area contributed by atoms with Gasteiger partial charge in [0.05, 0.1) is 12.0 Å². The van der Waals surface area contributed by atoms with Crippen LogP contribution < -0.4 is 9.46 Å². The Bertz CT molecular complexity index is 497. The largest absolute Gasteiger partial charge is 0.494 e. The summed E-state index contributed by atoms with van der Waals surface area (Å²) in [7, 11) is -2.26. The van der Waals surface area contributed by atoms with E-state index >= 15 is 0 Å². The van der Waals surface area contributed by atoms with E-state index in [1.165, 1.54) is 19.2 Å². The second-order valence-corrected chi connectivity index (χ2v) is 5.41. The highest BCUT2D eigenvalue weighted by Gasteiger charge is 2.28. The Morgan fingerprint density at radius 1 is 1.44 bits per heavy atom. The van der Waals surface area contributed by atoms with E-state index in [0.717, 1.165) is 18.9 Å². The summed E-state index contributed by atoms with van der Waals surface area (Å²) in [6.45, 7) is 0. The number of halogens is 1. The van der Waals surface area contributed by atoms with Crippen molar-refractivity contribution in [2.24, 2.45) is 0 Å². The maximum atomic E-state index is 13.3. The standard InChI is InChI=1S/C10H12FNO3S/c1-15-10-5-4-8(6-9(10)11)16(13,14)12-7-2-3-7/h4-7,12H,2-3H2,1H3. The van der Waals surface area contributed by atoms with E-state index < -0.39 is 15.8 Å². The molecule has 0 aliphatic heterocycles. The Kier molecular flexibility index (Phi) is 2.86. The van der Waals surface area contributed by atoms with Gasteiger partial charge in [0.25, 0.3) is 0 Å². The minimum Gasteiger partial charge on any atom is -0.494 e. The van der Waals surface area contributed by atoms with Crippen LogP contribution in [0.2, 0.25) is 0 Å². The number of sulfonamides is 1. The minimum absolute atomic E-state index is 0.00941. The van der Waals surface area contributed by atoms with Gasteiger partial charge in [-0.1, -0.05) is 0 Å². The van der Waals surface area contributed by atoms with Crippen LogP contribution in [0.4, 0.5) is 4.39 Å². The molecule has 1 aliphatic carbocycles. The summed E-state index contributed by atoms with van der Waals surface area (Å²) in [6, 6.07) is 3.60. The maximum Gasteiger partial charge on any atom is 0.240 e. The lowest BCUT2D eigenvalue weighted by molar-refractivity contribution is 0.385. The lowest BCUT2D eigenvalue weighted by Crippen LogP contribution is -2.25. The minimum atomic E-state index is -3.59. The van der Waals surface area contributed by atoms with Crippen molar-refractivity contribution in [2.75, 3.05) is 7.11 Å². The summed E-state index contributed by atoms with van der Waals surface area (Å²) in [5.41, 5.74) is 0. The fourth-order valence-electron chi connectivity index (χ4n) is 1.30. The average Bonchev–Trinajstić information content (AvgIpc) is 3.01. The molecule has 0 spiro atoms. The molecule has 0 bridgehead atoms. The van der Waals surface area contributed by atoms with E-state index in [4.69, 9.17) is 4.74 Å². The fraction of sp³-hybridized carbons (Fsp3) is 0.400. The molecule has 1 fully saturated rings. The van der Waals surface area contributed by atoms with Crippen molar-refractivity contribution in [3.63, 3.8) is 0 Å². The molecular weight excluding hydrogens is 233 g/mol. The van der Waals surface area contributed by atoms with Crippen LogP contribution >= 0.6 is 0 Å². The molecule has 0 heterocycles. The molecule has 2 rings (SSSR count). The lowest BCUT2D eigenvalue weighted by Gasteiger charge is -2.07. The Hall–Kier alpha value is -1.14. The zero-order valence-electron chi connectivity index (χ0n) is 8.73. The second kappa shape index (κ2) is 4.03. The molecule has 0 saturated heterocycles. The van der Waals surface area contributed by atoms with Gasteiger partial charge in [0.1, 0.15) is 0 Å². The van der Waals surface area contributed by atoms with Crippen LogP contribution in [-0.4, -0.2) is 21.6 Å². The van der Waals surface area contributed by atoms with Crippen LogP contribution in [0.3, 0.4) is 0 Å². The molecule has 1 aliphatic rings. The van der Waals surface area contributed by atoms with Crippen LogP contribution in [0.5, 0.6) is 5.75 Å². The number of hydrogen-bond acceptors (Lipinski definition) is 3. The molecule has 1 aromatic rings. The zero-order chi connectivity index (χ0) is 11.8. The van der Waals surface area contributed by atoms with Gasteiger partial charge < -0.3 is 4.74 Å². The molecule has 6 heteroatoms. The molecule has 16 heavy (non-hydrogen) atoms. The molecule has 0 radical (unpaired) electrons. The number of rotatable bonds is 4. The maximum absolute atomic E-state index is 13.3. The molecule has 0 atom stereocenters. The SMILES string of the molecule is COc1ccc(S(=O)(=O)NC2CC2)cc1F. The van der Waals surface area contributed by atoms with Gasteiger partial charge in [0.15, 0.2) is 11.6 Å². The smallest absolute Gasteiger partial charge is 0.240 e. The van der Waals surface area contributed by atoms with Gasteiger partial charge >= 0.3 is 0 Å². The molecule has 1 N–H and O–H groups in total. The number of nitrogens with one attached hydrogen (secondary N) is 1. The van der Waals surface area contributed by atoms with Crippen LogP contribution in [0, 0.1) is 5.82 Å². The number of hydrogen-bond donors (Lipinski definition) is 1. The summed E-state index contributed by atoms with van der Waals surface area (Å²) in [5.74, 6) is -0.647. The summed E-state index contributed by atoms with van der Waals surface area (Å²) in [5, 5.41) is 0. The van der Waals surface area contributed by atoms with Gasteiger partial charge in [-0.3, -0.25) is 0 Å². The molecule has 88 valence electrons. The third kappa shape index (κ3) is 2.33. The molecule has 0 aromatic heterocycles. The van der Waals surface area contributed by atoms with Crippen LogP contribution in [0.1, 0.15) is 12.8 Å².